The van der Waals surface area contributed by atoms with Gasteiger partial charge in [-0.15, -0.1) is 0 Å². The molecule has 3 heteroatoms. The number of hydrogen-bond acceptors (Lipinski definition) is 3. The van der Waals surface area contributed by atoms with Crippen LogP contribution in [0.4, 0.5) is 0 Å². The molecule has 0 radical (unpaired) electrons. The maximum Gasteiger partial charge on any atom is 0.120 e. The first-order chi connectivity index (χ1) is 8.58. The summed E-state index contributed by atoms with van der Waals surface area (Å²) in [6.07, 6.45) is 1.14. The van der Waals surface area contributed by atoms with Crippen molar-refractivity contribution in [1.82, 2.24) is 0 Å². The predicted octanol–water partition coefficient (Wildman–Crippen LogP) is 3.29. The van der Waals surface area contributed by atoms with E-state index in [0.717, 1.165) is 17.7 Å². The normalized spacial score (nSPS) is 14.6. The van der Waals surface area contributed by atoms with Crippen molar-refractivity contribution in [2.45, 2.75) is 52.4 Å². The lowest BCUT2D eigenvalue weighted by Crippen LogP contribution is -2.28. The van der Waals surface area contributed by atoms with Gasteiger partial charge < -0.3 is 15.2 Å². The van der Waals surface area contributed by atoms with Crippen LogP contribution in [-0.4, -0.2) is 18.8 Å². The zero-order chi connectivity index (χ0) is 13.5. The van der Waals surface area contributed by atoms with Crippen LogP contribution in [0.3, 0.4) is 0 Å². The minimum atomic E-state index is -0.106. The molecule has 0 fully saturated rings. The Morgan fingerprint density at radius 2 is 1.94 bits per heavy atom. The molecule has 18 heavy (non-hydrogen) atoms. The van der Waals surface area contributed by atoms with Crippen molar-refractivity contribution in [3.63, 3.8) is 0 Å². The Morgan fingerprint density at radius 1 is 1.22 bits per heavy atom. The molecule has 2 N–H and O–H groups in total. The highest BCUT2D eigenvalue weighted by molar-refractivity contribution is 5.31. The van der Waals surface area contributed by atoms with Gasteiger partial charge in [0.25, 0.3) is 0 Å². The Bertz CT molecular complexity index is 352. The van der Waals surface area contributed by atoms with Crippen LogP contribution in [0.2, 0.25) is 0 Å². The smallest absolute Gasteiger partial charge is 0.120 e. The third-order valence-electron chi connectivity index (χ3n) is 2.80. The zero-order valence-corrected chi connectivity index (χ0v) is 11.8. The molecule has 1 rings (SSSR count). The van der Waals surface area contributed by atoms with Crippen LogP contribution in [0.5, 0.6) is 5.75 Å². The molecule has 0 saturated carbocycles. The summed E-state index contributed by atoms with van der Waals surface area (Å²) in [5, 5.41) is 0. The Balaban J connectivity index is 2.81. The molecule has 0 heterocycles. The van der Waals surface area contributed by atoms with E-state index in [-0.39, 0.29) is 18.2 Å². The molecule has 0 bridgehead atoms. The van der Waals surface area contributed by atoms with Crippen LogP contribution in [0.1, 0.15) is 45.7 Å². The first kappa shape index (κ1) is 15.0. The van der Waals surface area contributed by atoms with Gasteiger partial charge in [-0.2, -0.15) is 0 Å². The minimum absolute atomic E-state index is 0.0595. The lowest BCUT2D eigenvalue weighted by atomic mass is 10.0. The van der Waals surface area contributed by atoms with E-state index in [2.05, 4.69) is 6.92 Å². The monoisotopic (exact) mass is 251 g/mol. The lowest BCUT2D eigenvalue weighted by molar-refractivity contribution is 0.0413. The van der Waals surface area contributed by atoms with Gasteiger partial charge in [0.15, 0.2) is 0 Å². The quantitative estimate of drug-likeness (QED) is 0.808. The molecule has 1 aromatic rings. The van der Waals surface area contributed by atoms with Gasteiger partial charge in [0, 0.05) is 6.61 Å². The predicted molar refractivity (Wildman–Crippen MR) is 74.8 cm³/mol. The highest BCUT2D eigenvalue weighted by Gasteiger charge is 2.18. The van der Waals surface area contributed by atoms with Gasteiger partial charge in [0.2, 0.25) is 0 Å². The summed E-state index contributed by atoms with van der Waals surface area (Å²) in [4.78, 5) is 0. The summed E-state index contributed by atoms with van der Waals surface area (Å²) >= 11 is 0. The molecule has 2 unspecified atom stereocenters. The molecule has 0 spiro atoms. The van der Waals surface area contributed by atoms with Crippen LogP contribution in [0.15, 0.2) is 24.3 Å². The second-order valence-corrected chi connectivity index (χ2v) is 4.67. The zero-order valence-electron chi connectivity index (χ0n) is 11.8. The first-order valence-corrected chi connectivity index (χ1v) is 6.72. The SMILES string of the molecule is CCOC(CC)C(N)c1cccc(OC(C)C)c1. The molecule has 0 aliphatic heterocycles. The molecule has 102 valence electrons. The van der Waals surface area contributed by atoms with Crippen LogP contribution in [0.25, 0.3) is 0 Å². The number of rotatable bonds is 7. The average molecular weight is 251 g/mol. The van der Waals surface area contributed by atoms with Gasteiger partial charge in [-0.3, -0.25) is 0 Å². The maximum absolute atomic E-state index is 6.25. The minimum Gasteiger partial charge on any atom is -0.491 e. The molecular weight excluding hydrogens is 226 g/mol. The largest absolute Gasteiger partial charge is 0.491 e. The Labute approximate surface area is 110 Å². The Morgan fingerprint density at radius 3 is 2.50 bits per heavy atom. The molecule has 2 atom stereocenters. The standard InChI is InChI=1S/C15H25NO2/c1-5-14(17-6-2)15(16)12-8-7-9-13(10-12)18-11(3)4/h7-11,14-15H,5-6,16H2,1-4H3. The van der Waals surface area contributed by atoms with E-state index in [9.17, 15) is 0 Å². The molecule has 0 aliphatic carbocycles. The van der Waals surface area contributed by atoms with E-state index in [1.165, 1.54) is 0 Å². The lowest BCUT2D eigenvalue weighted by Gasteiger charge is -2.23. The molecule has 0 aliphatic rings. The summed E-state index contributed by atoms with van der Waals surface area (Å²) in [5.74, 6) is 0.865. The Hall–Kier alpha value is -1.06. The summed E-state index contributed by atoms with van der Waals surface area (Å²) in [6, 6.07) is 7.86. The van der Waals surface area contributed by atoms with E-state index >= 15 is 0 Å². The van der Waals surface area contributed by atoms with E-state index in [0.29, 0.717) is 6.61 Å². The van der Waals surface area contributed by atoms with Crippen molar-refractivity contribution in [2.24, 2.45) is 5.73 Å². The highest BCUT2D eigenvalue weighted by atomic mass is 16.5. The summed E-state index contributed by atoms with van der Waals surface area (Å²) in [5.41, 5.74) is 7.32. The third kappa shape index (κ3) is 4.31. The highest BCUT2D eigenvalue weighted by Crippen LogP contribution is 2.23. The van der Waals surface area contributed by atoms with E-state index in [1.807, 2.05) is 45.0 Å². The van der Waals surface area contributed by atoms with E-state index < -0.39 is 0 Å². The van der Waals surface area contributed by atoms with Gasteiger partial charge in [0.1, 0.15) is 5.75 Å². The Kier molecular flexibility index (Phi) is 6.16. The van der Waals surface area contributed by atoms with Gasteiger partial charge in [-0.05, 0) is 44.9 Å². The van der Waals surface area contributed by atoms with Crippen molar-refractivity contribution < 1.29 is 9.47 Å². The van der Waals surface area contributed by atoms with Crippen LogP contribution in [-0.2, 0) is 4.74 Å². The van der Waals surface area contributed by atoms with Crippen LogP contribution in [0, 0.1) is 0 Å². The van der Waals surface area contributed by atoms with E-state index in [4.69, 9.17) is 15.2 Å². The first-order valence-electron chi connectivity index (χ1n) is 6.72. The average Bonchev–Trinajstić information content (AvgIpc) is 2.34. The number of nitrogens with two attached hydrogens (primary N) is 1. The van der Waals surface area contributed by atoms with E-state index in [1.54, 1.807) is 0 Å². The van der Waals surface area contributed by atoms with Crippen molar-refractivity contribution in [1.29, 1.82) is 0 Å². The summed E-state index contributed by atoms with van der Waals surface area (Å²) in [7, 11) is 0. The van der Waals surface area contributed by atoms with Gasteiger partial charge in [-0.1, -0.05) is 19.1 Å². The molecule has 0 aromatic heterocycles. The second-order valence-electron chi connectivity index (χ2n) is 4.67. The fourth-order valence-electron chi connectivity index (χ4n) is 1.97. The fourth-order valence-corrected chi connectivity index (χ4v) is 1.97. The molecular formula is C15H25NO2. The second kappa shape index (κ2) is 7.39. The number of hydrogen-bond donors (Lipinski definition) is 1. The van der Waals surface area contributed by atoms with Crippen molar-refractivity contribution >= 4 is 0 Å². The summed E-state index contributed by atoms with van der Waals surface area (Å²) in [6.45, 7) is 8.81. The fraction of sp³-hybridized carbons (Fsp3) is 0.600. The van der Waals surface area contributed by atoms with Crippen molar-refractivity contribution in [3.05, 3.63) is 29.8 Å². The molecule has 0 saturated heterocycles. The third-order valence-corrected chi connectivity index (χ3v) is 2.80. The van der Waals surface area contributed by atoms with Gasteiger partial charge in [0.05, 0.1) is 18.2 Å². The molecule has 0 amide bonds. The van der Waals surface area contributed by atoms with Gasteiger partial charge >= 0.3 is 0 Å². The molecule has 1 aromatic carbocycles. The van der Waals surface area contributed by atoms with Crippen molar-refractivity contribution in [3.8, 4) is 5.75 Å². The van der Waals surface area contributed by atoms with Gasteiger partial charge in [-0.25, -0.2) is 0 Å². The number of ether oxygens (including phenoxy) is 2. The number of benzene rings is 1. The summed E-state index contributed by atoms with van der Waals surface area (Å²) < 4.78 is 11.3. The molecule has 3 nitrogen and oxygen atoms in total. The topological polar surface area (TPSA) is 44.5 Å². The van der Waals surface area contributed by atoms with Crippen molar-refractivity contribution in [2.75, 3.05) is 6.61 Å². The van der Waals surface area contributed by atoms with Crippen LogP contribution >= 0.6 is 0 Å². The van der Waals surface area contributed by atoms with Crippen LogP contribution < -0.4 is 10.5 Å². The maximum atomic E-state index is 6.25.